The van der Waals surface area contributed by atoms with E-state index in [1.165, 1.54) is 24.8 Å². The fourth-order valence-electron chi connectivity index (χ4n) is 4.37. The smallest absolute Gasteiger partial charge is 0.286 e. The molecule has 1 aliphatic rings. The Morgan fingerprint density at radius 2 is 1.76 bits per heavy atom. The number of hydrogen-bond acceptors (Lipinski definition) is 4. The molecule has 34 heavy (non-hydrogen) atoms. The number of rotatable bonds is 10. The highest BCUT2D eigenvalue weighted by molar-refractivity contribution is 7.84. The molecule has 7 heteroatoms. The van der Waals surface area contributed by atoms with Crippen molar-refractivity contribution < 1.29 is 13.4 Å². The summed E-state index contributed by atoms with van der Waals surface area (Å²) >= 11 is 6.12. The zero-order valence-corrected chi connectivity index (χ0v) is 20.8. The molecule has 1 aromatic heterocycles. The quantitative estimate of drug-likeness (QED) is 0.384. The Morgan fingerprint density at radius 3 is 2.53 bits per heavy atom. The van der Waals surface area contributed by atoms with Crippen LogP contribution < -0.4 is 5.32 Å². The third kappa shape index (κ3) is 7.05. The molecule has 4 rings (SSSR count). The highest BCUT2D eigenvalue weighted by Crippen LogP contribution is 2.23. The molecule has 3 aromatic rings. The molecule has 180 valence electrons. The largest absolute Gasteiger partial charge is 0.455 e. The van der Waals surface area contributed by atoms with Gasteiger partial charge in [0.2, 0.25) is 0 Å². The van der Waals surface area contributed by atoms with E-state index in [1.54, 1.807) is 36.4 Å². The van der Waals surface area contributed by atoms with Gasteiger partial charge in [0.05, 0.1) is 26.5 Å². The molecule has 2 heterocycles. The van der Waals surface area contributed by atoms with Crippen LogP contribution in [0, 0.1) is 5.92 Å². The molecule has 0 bridgehead atoms. The van der Waals surface area contributed by atoms with E-state index in [4.69, 9.17) is 16.0 Å². The maximum atomic E-state index is 12.5. The van der Waals surface area contributed by atoms with E-state index in [-0.39, 0.29) is 17.4 Å². The van der Waals surface area contributed by atoms with Gasteiger partial charge in [0.25, 0.3) is 5.91 Å². The van der Waals surface area contributed by atoms with E-state index in [0.29, 0.717) is 22.2 Å². The summed E-state index contributed by atoms with van der Waals surface area (Å²) < 4.78 is 18.2. The van der Waals surface area contributed by atoms with Gasteiger partial charge in [-0.1, -0.05) is 54.1 Å². The minimum atomic E-state index is -1.33. The fourth-order valence-corrected chi connectivity index (χ4v) is 5.85. The zero-order chi connectivity index (χ0) is 23.8. The molecule has 1 N–H and O–H groups in total. The first-order valence-corrected chi connectivity index (χ1v) is 13.5. The van der Waals surface area contributed by atoms with Gasteiger partial charge in [-0.3, -0.25) is 9.00 Å². The number of carbonyl (C=O) groups is 1. The SMILES string of the molecule is O=C(NCCCN1CCC(Cc2ccccc2)CC1)c1ccc(C[S@@](=O)c2ccccc2Cl)o1. The van der Waals surface area contributed by atoms with Crippen molar-refractivity contribution in [2.24, 2.45) is 5.92 Å². The number of hydrogen-bond donors (Lipinski definition) is 1. The van der Waals surface area contributed by atoms with E-state index >= 15 is 0 Å². The Balaban J connectivity index is 1.14. The molecule has 1 aliphatic heterocycles. The van der Waals surface area contributed by atoms with Crippen LogP contribution in [0.3, 0.4) is 0 Å². The summed E-state index contributed by atoms with van der Waals surface area (Å²) in [6.07, 6.45) is 4.53. The predicted octanol–water partition coefficient (Wildman–Crippen LogP) is 5.32. The van der Waals surface area contributed by atoms with Crippen LogP contribution in [-0.2, 0) is 23.0 Å². The average Bonchev–Trinajstić information content (AvgIpc) is 3.32. The molecule has 1 saturated heterocycles. The lowest BCUT2D eigenvalue weighted by Crippen LogP contribution is -2.36. The molecule has 0 radical (unpaired) electrons. The van der Waals surface area contributed by atoms with Gasteiger partial charge in [-0.05, 0) is 81.1 Å². The zero-order valence-electron chi connectivity index (χ0n) is 19.3. The van der Waals surface area contributed by atoms with Crippen LogP contribution >= 0.6 is 11.6 Å². The fraction of sp³-hybridized carbons (Fsp3) is 0.370. The Labute approximate surface area is 208 Å². The number of carbonyl (C=O) groups excluding carboxylic acids is 1. The minimum Gasteiger partial charge on any atom is -0.455 e. The molecule has 2 aromatic carbocycles. The van der Waals surface area contributed by atoms with Crippen molar-refractivity contribution in [3.63, 3.8) is 0 Å². The third-order valence-corrected chi connectivity index (χ3v) is 8.09. The van der Waals surface area contributed by atoms with Crippen LogP contribution in [0.25, 0.3) is 0 Å². The van der Waals surface area contributed by atoms with Crippen molar-refractivity contribution in [3.8, 4) is 0 Å². The topological polar surface area (TPSA) is 62.6 Å². The summed E-state index contributed by atoms with van der Waals surface area (Å²) in [5, 5.41) is 3.39. The van der Waals surface area contributed by atoms with Gasteiger partial charge in [0, 0.05) is 6.54 Å². The van der Waals surface area contributed by atoms with Gasteiger partial charge in [-0.15, -0.1) is 0 Å². The maximum absolute atomic E-state index is 12.5. The predicted molar refractivity (Wildman–Crippen MR) is 137 cm³/mol. The number of furan rings is 1. The van der Waals surface area contributed by atoms with Crippen molar-refractivity contribution in [2.45, 2.75) is 36.3 Å². The molecule has 1 atom stereocenters. The first-order chi connectivity index (χ1) is 16.6. The van der Waals surface area contributed by atoms with E-state index in [1.807, 2.05) is 0 Å². The first kappa shape index (κ1) is 24.7. The van der Waals surface area contributed by atoms with Crippen LogP contribution in [0.1, 0.15) is 41.1 Å². The number of piperidine rings is 1. The molecular weight excluding hydrogens is 468 g/mol. The molecule has 0 aliphatic carbocycles. The molecule has 0 spiro atoms. The van der Waals surface area contributed by atoms with Gasteiger partial charge >= 0.3 is 0 Å². The number of halogens is 1. The summed E-state index contributed by atoms with van der Waals surface area (Å²) in [5.41, 5.74) is 1.43. The first-order valence-electron chi connectivity index (χ1n) is 11.8. The van der Waals surface area contributed by atoms with Crippen molar-refractivity contribution in [1.29, 1.82) is 0 Å². The van der Waals surface area contributed by atoms with Crippen molar-refractivity contribution in [1.82, 2.24) is 10.2 Å². The Morgan fingerprint density at radius 1 is 1.03 bits per heavy atom. The lowest BCUT2D eigenvalue weighted by atomic mass is 9.90. The molecule has 0 unspecified atom stereocenters. The van der Waals surface area contributed by atoms with Crippen molar-refractivity contribution >= 4 is 28.3 Å². The van der Waals surface area contributed by atoms with Crippen LogP contribution in [0.5, 0.6) is 0 Å². The Bertz CT molecular complexity index is 1090. The number of likely N-dealkylation sites (tertiary alicyclic amines) is 1. The standard InChI is InChI=1S/C27H31ClN2O3S/c28-24-9-4-5-10-26(24)34(32)20-23-11-12-25(33-23)27(31)29-15-6-16-30-17-13-22(14-18-30)19-21-7-2-1-3-8-21/h1-5,7-12,22H,6,13-20H2,(H,29,31)/t34-/m1/s1. The average molecular weight is 499 g/mol. The van der Waals surface area contributed by atoms with Gasteiger partial charge in [0.15, 0.2) is 5.76 Å². The normalized spacial score (nSPS) is 15.8. The third-order valence-electron chi connectivity index (χ3n) is 6.25. The van der Waals surface area contributed by atoms with Gasteiger partial charge in [0.1, 0.15) is 5.76 Å². The summed E-state index contributed by atoms with van der Waals surface area (Å²) in [6, 6.07) is 21.1. The highest BCUT2D eigenvalue weighted by Gasteiger charge is 2.19. The number of amides is 1. The van der Waals surface area contributed by atoms with Gasteiger partial charge in [-0.25, -0.2) is 0 Å². The molecule has 1 amide bonds. The Kier molecular flexibility index (Phi) is 8.97. The van der Waals surface area contributed by atoms with Gasteiger partial charge in [-0.2, -0.15) is 0 Å². The number of benzene rings is 2. The highest BCUT2D eigenvalue weighted by atomic mass is 35.5. The maximum Gasteiger partial charge on any atom is 0.286 e. The van der Waals surface area contributed by atoms with Crippen LogP contribution in [0.15, 0.2) is 76.0 Å². The lowest BCUT2D eigenvalue weighted by Gasteiger charge is -2.32. The van der Waals surface area contributed by atoms with E-state index in [0.717, 1.165) is 32.0 Å². The number of nitrogens with one attached hydrogen (secondary N) is 1. The lowest BCUT2D eigenvalue weighted by molar-refractivity contribution is 0.0921. The summed E-state index contributed by atoms with van der Waals surface area (Å²) in [7, 11) is -1.33. The Hall–Kier alpha value is -2.41. The monoisotopic (exact) mass is 498 g/mol. The van der Waals surface area contributed by atoms with Crippen LogP contribution in [0.2, 0.25) is 5.02 Å². The molecule has 0 saturated carbocycles. The number of nitrogens with zero attached hydrogens (tertiary/aromatic N) is 1. The van der Waals surface area contributed by atoms with Crippen LogP contribution in [-0.4, -0.2) is 41.2 Å². The summed E-state index contributed by atoms with van der Waals surface area (Å²) in [6.45, 7) is 3.83. The summed E-state index contributed by atoms with van der Waals surface area (Å²) in [5.74, 6) is 1.45. The second-order valence-electron chi connectivity index (χ2n) is 8.77. The van der Waals surface area contributed by atoms with Crippen molar-refractivity contribution in [3.05, 3.63) is 88.8 Å². The molecular formula is C27H31ClN2O3S. The minimum absolute atomic E-state index is 0.178. The second-order valence-corrected chi connectivity index (χ2v) is 10.6. The van der Waals surface area contributed by atoms with E-state index in [2.05, 4.69) is 40.5 Å². The molecule has 5 nitrogen and oxygen atoms in total. The van der Waals surface area contributed by atoms with Crippen molar-refractivity contribution in [2.75, 3.05) is 26.2 Å². The summed E-state index contributed by atoms with van der Waals surface area (Å²) in [4.78, 5) is 15.5. The second kappa shape index (κ2) is 12.3. The van der Waals surface area contributed by atoms with E-state index in [9.17, 15) is 9.00 Å². The molecule has 1 fully saturated rings. The van der Waals surface area contributed by atoms with E-state index < -0.39 is 10.8 Å². The van der Waals surface area contributed by atoms with Gasteiger partial charge < -0.3 is 14.6 Å². The van der Waals surface area contributed by atoms with Crippen LogP contribution in [0.4, 0.5) is 0 Å².